The number of piperidine rings is 1. The summed E-state index contributed by atoms with van der Waals surface area (Å²) in [6.07, 6.45) is 2.27. The van der Waals surface area contributed by atoms with E-state index in [1.165, 1.54) is 0 Å². The van der Waals surface area contributed by atoms with Crippen LogP contribution in [0.2, 0.25) is 0 Å². The molecule has 120 valence electrons. The monoisotopic (exact) mass is 318 g/mol. The van der Waals surface area contributed by atoms with Gasteiger partial charge in [0.1, 0.15) is 5.52 Å². The van der Waals surface area contributed by atoms with E-state index in [0.717, 1.165) is 65.2 Å². The molecule has 0 atom stereocenters. The number of fused-ring (bicyclic) bond motifs is 2. The maximum absolute atomic E-state index is 4.92. The molecule has 0 saturated carbocycles. The Morgan fingerprint density at radius 3 is 2.67 bits per heavy atom. The molecule has 6 nitrogen and oxygen atoms in total. The molecule has 24 heavy (non-hydrogen) atoms. The normalized spacial score (nSPS) is 16.2. The summed E-state index contributed by atoms with van der Waals surface area (Å²) in [5, 5.41) is 10.9. The third kappa shape index (κ3) is 2.18. The summed E-state index contributed by atoms with van der Waals surface area (Å²) in [4.78, 5) is 12.9. The summed E-state index contributed by atoms with van der Waals surface area (Å²) in [5.74, 6) is 1.28. The van der Waals surface area contributed by atoms with E-state index in [-0.39, 0.29) is 0 Å². The minimum Gasteiger partial charge on any atom is -0.337 e. The van der Waals surface area contributed by atoms with E-state index < -0.39 is 0 Å². The molecule has 0 radical (unpaired) electrons. The summed E-state index contributed by atoms with van der Waals surface area (Å²) in [7, 11) is 0. The Morgan fingerprint density at radius 2 is 1.79 bits per heavy atom. The van der Waals surface area contributed by atoms with Crippen molar-refractivity contribution in [3.05, 3.63) is 42.1 Å². The van der Waals surface area contributed by atoms with Gasteiger partial charge in [-0.25, -0.2) is 9.97 Å². The molecule has 1 aliphatic rings. The van der Waals surface area contributed by atoms with Gasteiger partial charge in [-0.1, -0.05) is 12.1 Å². The second kappa shape index (κ2) is 5.42. The lowest BCUT2D eigenvalue weighted by atomic mass is 9.94. The number of hydrogen-bond acceptors (Lipinski definition) is 4. The molecule has 3 aromatic heterocycles. The van der Waals surface area contributed by atoms with Crippen molar-refractivity contribution in [2.24, 2.45) is 0 Å². The molecule has 1 saturated heterocycles. The van der Waals surface area contributed by atoms with Gasteiger partial charge in [-0.05, 0) is 50.2 Å². The van der Waals surface area contributed by atoms with Gasteiger partial charge < -0.3 is 10.3 Å². The number of benzene rings is 1. The molecule has 1 aromatic carbocycles. The van der Waals surface area contributed by atoms with Crippen molar-refractivity contribution in [2.45, 2.75) is 18.8 Å². The van der Waals surface area contributed by atoms with Crippen LogP contribution < -0.4 is 5.32 Å². The minimum atomic E-state index is 0.522. The maximum Gasteiger partial charge on any atom is 0.161 e. The Balaban J connectivity index is 1.62. The predicted molar refractivity (Wildman–Crippen MR) is 93.8 cm³/mol. The van der Waals surface area contributed by atoms with E-state index >= 15 is 0 Å². The molecule has 0 amide bonds. The highest BCUT2D eigenvalue weighted by atomic mass is 15.1. The van der Waals surface area contributed by atoms with Crippen molar-refractivity contribution in [1.29, 1.82) is 0 Å². The zero-order valence-corrected chi connectivity index (χ0v) is 13.2. The zero-order chi connectivity index (χ0) is 15.9. The van der Waals surface area contributed by atoms with Gasteiger partial charge in [-0.3, -0.25) is 5.10 Å². The quantitative estimate of drug-likeness (QED) is 0.531. The lowest BCUT2D eigenvalue weighted by Gasteiger charge is -2.22. The van der Waals surface area contributed by atoms with Crippen LogP contribution in [0, 0.1) is 0 Å². The van der Waals surface area contributed by atoms with Gasteiger partial charge in [0.25, 0.3) is 0 Å². The first-order valence-electron chi connectivity index (χ1n) is 8.39. The summed E-state index contributed by atoms with van der Waals surface area (Å²) < 4.78 is 0. The molecule has 5 rings (SSSR count). The SMILES string of the molecule is c1ccc2[nH]c(-c3n[nH]c4ccc(C5CCNCC5)nc34)nc2c1. The Kier molecular flexibility index (Phi) is 3.09. The van der Waals surface area contributed by atoms with Gasteiger partial charge >= 0.3 is 0 Å². The molecule has 6 heteroatoms. The van der Waals surface area contributed by atoms with Crippen LogP contribution in [0.3, 0.4) is 0 Å². The van der Waals surface area contributed by atoms with E-state index in [1.54, 1.807) is 0 Å². The Morgan fingerprint density at radius 1 is 0.917 bits per heavy atom. The Bertz CT molecular complexity index is 976. The number of rotatable bonds is 2. The first-order chi connectivity index (χ1) is 11.9. The van der Waals surface area contributed by atoms with Crippen LogP contribution >= 0.6 is 0 Å². The van der Waals surface area contributed by atoms with Gasteiger partial charge in [0.15, 0.2) is 11.5 Å². The molecule has 3 N–H and O–H groups in total. The summed E-state index contributed by atoms with van der Waals surface area (Å²) in [5.41, 5.74) is 5.74. The smallest absolute Gasteiger partial charge is 0.161 e. The fourth-order valence-corrected chi connectivity index (χ4v) is 3.49. The number of imidazole rings is 1. The number of nitrogens with one attached hydrogen (secondary N) is 3. The first-order valence-corrected chi connectivity index (χ1v) is 8.39. The molecule has 0 aliphatic carbocycles. The molecule has 4 heterocycles. The van der Waals surface area contributed by atoms with Crippen LogP contribution in [-0.2, 0) is 0 Å². The van der Waals surface area contributed by atoms with E-state index in [2.05, 4.69) is 37.6 Å². The largest absolute Gasteiger partial charge is 0.337 e. The van der Waals surface area contributed by atoms with Crippen LogP contribution in [0.1, 0.15) is 24.5 Å². The van der Waals surface area contributed by atoms with E-state index in [1.807, 2.05) is 24.3 Å². The molecular formula is C18H18N6. The maximum atomic E-state index is 4.92. The number of pyridine rings is 1. The Hall–Kier alpha value is -2.73. The standard InChI is InChI=1S/C18H18N6/c1-2-4-14-13(3-1)21-18(22-14)17-16-15(23-24-17)6-5-12(20-16)11-7-9-19-10-8-11/h1-6,11,19H,7-10H2,(H,21,22)(H,23,24). The molecule has 0 bridgehead atoms. The lowest BCUT2D eigenvalue weighted by Crippen LogP contribution is -2.27. The van der Waals surface area contributed by atoms with Crippen LogP contribution in [0.5, 0.6) is 0 Å². The first kappa shape index (κ1) is 13.7. The van der Waals surface area contributed by atoms with Crippen molar-refractivity contribution in [2.75, 3.05) is 13.1 Å². The van der Waals surface area contributed by atoms with E-state index in [0.29, 0.717) is 5.92 Å². The number of aromatic nitrogens is 5. The van der Waals surface area contributed by atoms with Crippen molar-refractivity contribution in [3.63, 3.8) is 0 Å². The van der Waals surface area contributed by atoms with Crippen molar-refractivity contribution >= 4 is 22.1 Å². The minimum absolute atomic E-state index is 0.522. The Labute approximate surface area is 138 Å². The fraction of sp³-hybridized carbons (Fsp3) is 0.278. The second-order valence-corrected chi connectivity index (χ2v) is 6.33. The number of para-hydroxylation sites is 2. The summed E-state index contributed by atoms with van der Waals surface area (Å²) in [6, 6.07) is 12.2. The number of hydrogen-bond donors (Lipinski definition) is 3. The number of nitrogens with zero attached hydrogens (tertiary/aromatic N) is 3. The topological polar surface area (TPSA) is 82.3 Å². The van der Waals surface area contributed by atoms with Crippen molar-refractivity contribution in [1.82, 2.24) is 30.5 Å². The van der Waals surface area contributed by atoms with Gasteiger partial charge in [-0.15, -0.1) is 0 Å². The number of H-pyrrole nitrogens is 2. The van der Waals surface area contributed by atoms with Crippen LogP contribution in [0.25, 0.3) is 33.6 Å². The van der Waals surface area contributed by atoms with Gasteiger partial charge in [0.2, 0.25) is 0 Å². The molecule has 1 fully saturated rings. The third-order valence-electron chi connectivity index (χ3n) is 4.80. The molecular weight excluding hydrogens is 300 g/mol. The van der Waals surface area contributed by atoms with Crippen molar-refractivity contribution in [3.8, 4) is 11.5 Å². The highest BCUT2D eigenvalue weighted by Gasteiger charge is 2.19. The van der Waals surface area contributed by atoms with Crippen LogP contribution in [0.15, 0.2) is 36.4 Å². The van der Waals surface area contributed by atoms with Gasteiger partial charge in [0.05, 0.1) is 16.6 Å². The molecule has 4 aromatic rings. The second-order valence-electron chi connectivity index (χ2n) is 6.33. The fourth-order valence-electron chi connectivity index (χ4n) is 3.49. The van der Waals surface area contributed by atoms with Crippen LogP contribution in [-0.4, -0.2) is 38.2 Å². The summed E-state index contributed by atoms with van der Waals surface area (Å²) >= 11 is 0. The van der Waals surface area contributed by atoms with Gasteiger partial charge in [-0.2, -0.15) is 5.10 Å². The lowest BCUT2D eigenvalue weighted by molar-refractivity contribution is 0.454. The molecule has 1 aliphatic heterocycles. The molecule has 0 spiro atoms. The highest BCUT2D eigenvalue weighted by Crippen LogP contribution is 2.29. The molecule has 0 unspecified atom stereocenters. The zero-order valence-electron chi connectivity index (χ0n) is 13.2. The van der Waals surface area contributed by atoms with Crippen LogP contribution in [0.4, 0.5) is 0 Å². The predicted octanol–water partition coefficient (Wildman–Crippen LogP) is 2.97. The third-order valence-corrected chi connectivity index (χ3v) is 4.80. The average molecular weight is 318 g/mol. The van der Waals surface area contributed by atoms with Crippen molar-refractivity contribution < 1.29 is 0 Å². The van der Waals surface area contributed by atoms with E-state index in [4.69, 9.17) is 4.98 Å². The highest BCUT2D eigenvalue weighted by molar-refractivity contribution is 5.90. The average Bonchev–Trinajstić information content (AvgIpc) is 3.25. The number of aromatic amines is 2. The summed E-state index contributed by atoms with van der Waals surface area (Å²) in [6.45, 7) is 2.12. The van der Waals surface area contributed by atoms with Gasteiger partial charge in [0, 0.05) is 11.6 Å². The van der Waals surface area contributed by atoms with E-state index in [9.17, 15) is 0 Å².